The number of aliphatic imine (C=N–C) groups is 1. The van der Waals surface area contributed by atoms with Crippen molar-refractivity contribution in [1.82, 2.24) is 15.2 Å². The van der Waals surface area contributed by atoms with Gasteiger partial charge in [0.25, 0.3) is 0 Å². The van der Waals surface area contributed by atoms with Crippen molar-refractivity contribution in [2.24, 2.45) is 4.99 Å². The normalized spacial score (nSPS) is 24.4. The second-order valence-electron chi connectivity index (χ2n) is 5.47. The molecule has 1 unspecified atom stereocenters. The van der Waals surface area contributed by atoms with Crippen LogP contribution in [0.3, 0.4) is 0 Å². The number of carbonyl (C=O) groups is 2. The van der Waals surface area contributed by atoms with Gasteiger partial charge >= 0.3 is 0 Å². The third kappa shape index (κ3) is 3.49. The van der Waals surface area contributed by atoms with Crippen molar-refractivity contribution in [2.45, 2.75) is 43.4 Å². The number of hydrogen-bond donors (Lipinski definition) is 1. The molecule has 0 radical (unpaired) electrons. The zero-order chi connectivity index (χ0) is 15.5. The van der Waals surface area contributed by atoms with Crippen molar-refractivity contribution in [1.29, 1.82) is 0 Å². The van der Waals surface area contributed by atoms with Gasteiger partial charge in [0.2, 0.25) is 16.9 Å². The third-order valence-corrected chi connectivity index (χ3v) is 5.74. The van der Waals surface area contributed by atoms with E-state index in [2.05, 4.69) is 15.3 Å². The van der Waals surface area contributed by atoms with Crippen LogP contribution in [0.1, 0.15) is 32.1 Å². The largest absolute Gasteiger partial charge is 0.353 e. The molecule has 0 bridgehead atoms. The van der Waals surface area contributed by atoms with E-state index in [9.17, 15) is 9.59 Å². The first-order chi connectivity index (χ1) is 10.6. The van der Waals surface area contributed by atoms with E-state index in [1.165, 1.54) is 40.8 Å². The first kappa shape index (κ1) is 15.5. The molecule has 1 aliphatic carbocycles. The number of hydrogen-bond acceptors (Lipinski definition) is 6. The lowest BCUT2D eigenvalue weighted by Gasteiger charge is -2.13. The molecular formula is C14H18N4O2S2. The fraction of sp³-hybridized carbons (Fsp3) is 0.571. The summed E-state index contributed by atoms with van der Waals surface area (Å²) < 4.78 is 0. The molecule has 1 aliphatic heterocycles. The van der Waals surface area contributed by atoms with Crippen LogP contribution in [0.5, 0.6) is 0 Å². The molecule has 0 spiro atoms. The Labute approximate surface area is 137 Å². The Morgan fingerprint density at radius 1 is 1.50 bits per heavy atom. The fourth-order valence-electron chi connectivity index (χ4n) is 2.68. The second-order valence-corrected chi connectivity index (χ2v) is 7.51. The Bertz CT molecular complexity index is 582. The minimum Gasteiger partial charge on any atom is -0.353 e. The predicted octanol–water partition coefficient (Wildman–Crippen LogP) is 2.15. The second kappa shape index (κ2) is 6.78. The van der Waals surface area contributed by atoms with Crippen molar-refractivity contribution < 1.29 is 9.59 Å². The highest BCUT2D eigenvalue weighted by Crippen LogP contribution is 2.31. The van der Waals surface area contributed by atoms with Gasteiger partial charge in [-0.25, -0.2) is 4.98 Å². The van der Waals surface area contributed by atoms with Crippen LogP contribution in [0.15, 0.2) is 16.6 Å². The van der Waals surface area contributed by atoms with Gasteiger partial charge in [0, 0.05) is 31.1 Å². The number of rotatable bonds is 4. The summed E-state index contributed by atoms with van der Waals surface area (Å²) in [4.78, 5) is 34.3. The van der Waals surface area contributed by atoms with E-state index in [0.717, 1.165) is 12.8 Å². The molecule has 2 fully saturated rings. The van der Waals surface area contributed by atoms with Crippen molar-refractivity contribution in [3.8, 4) is 0 Å². The average molecular weight is 338 g/mol. The maximum Gasteiger partial charge on any atom is 0.242 e. The lowest BCUT2D eigenvalue weighted by molar-refractivity contribution is -0.128. The van der Waals surface area contributed by atoms with Gasteiger partial charge in [-0.05, 0) is 12.8 Å². The summed E-state index contributed by atoms with van der Waals surface area (Å²) in [7, 11) is 1.69. The monoisotopic (exact) mass is 338 g/mol. The maximum absolute atomic E-state index is 12.2. The highest BCUT2D eigenvalue weighted by Gasteiger charge is 2.37. The Balaban J connectivity index is 1.60. The molecule has 118 valence electrons. The number of aromatic nitrogens is 1. The predicted molar refractivity (Wildman–Crippen MR) is 88.4 cm³/mol. The molecule has 3 rings (SSSR count). The van der Waals surface area contributed by atoms with Crippen molar-refractivity contribution >= 4 is 45.2 Å². The van der Waals surface area contributed by atoms with Crippen LogP contribution < -0.4 is 5.32 Å². The molecule has 1 saturated heterocycles. The summed E-state index contributed by atoms with van der Waals surface area (Å²) in [6.07, 6.45) is 6.34. The molecular weight excluding hydrogens is 320 g/mol. The first-order valence-corrected chi connectivity index (χ1v) is 9.11. The van der Waals surface area contributed by atoms with Crippen LogP contribution in [0.4, 0.5) is 5.13 Å². The Kier molecular flexibility index (Phi) is 4.77. The number of amidine groups is 1. The van der Waals surface area contributed by atoms with Crippen LogP contribution in [0, 0.1) is 0 Å². The van der Waals surface area contributed by atoms with Crippen molar-refractivity contribution in [2.75, 3.05) is 7.05 Å². The van der Waals surface area contributed by atoms with E-state index in [1.54, 1.807) is 13.2 Å². The molecule has 1 aromatic heterocycles. The summed E-state index contributed by atoms with van der Waals surface area (Å²) >= 11 is 2.76. The summed E-state index contributed by atoms with van der Waals surface area (Å²) in [5.74, 6) is -0.108. The number of nitrogens with zero attached hydrogens (tertiary/aromatic N) is 3. The van der Waals surface area contributed by atoms with Crippen LogP contribution >= 0.6 is 23.1 Å². The number of thiazole rings is 1. The van der Waals surface area contributed by atoms with Gasteiger partial charge in [0.15, 0.2) is 5.17 Å². The fourth-order valence-corrected chi connectivity index (χ4v) is 4.37. The molecule has 6 nitrogen and oxygen atoms in total. The van der Waals surface area contributed by atoms with Crippen LogP contribution in [0.2, 0.25) is 0 Å². The van der Waals surface area contributed by atoms with Gasteiger partial charge < -0.3 is 5.32 Å². The third-order valence-electron chi connectivity index (χ3n) is 3.84. The number of carbonyl (C=O) groups excluding carboxylic acids is 2. The molecule has 8 heteroatoms. The van der Waals surface area contributed by atoms with E-state index in [0.29, 0.717) is 10.3 Å². The molecule has 1 saturated carbocycles. The van der Waals surface area contributed by atoms with Gasteiger partial charge in [0.1, 0.15) is 5.25 Å². The Hall–Kier alpha value is -1.41. The summed E-state index contributed by atoms with van der Waals surface area (Å²) in [5.41, 5.74) is 0. The summed E-state index contributed by atoms with van der Waals surface area (Å²) in [6.45, 7) is 0. The Morgan fingerprint density at radius 2 is 2.27 bits per heavy atom. The van der Waals surface area contributed by atoms with E-state index < -0.39 is 0 Å². The van der Waals surface area contributed by atoms with Gasteiger partial charge in [0.05, 0.1) is 0 Å². The van der Waals surface area contributed by atoms with Gasteiger partial charge in [-0.2, -0.15) is 4.99 Å². The van der Waals surface area contributed by atoms with Crippen LogP contribution in [0.25, 0.3) is 0 Å². The molecule has 0 aromatic carbocycles. The van der Waals surface area contributed by atoms with E-state index >= 15 is 0 Å². The maximum atomic E-state index is 12.2. The summed E-state index contributed by atoms with van der Waals surface area (Å²) in [6, 6.07) is 0.287. The molecule has 1 atom stereocenters. The number of thioether (sulfide) groups is 1. The topological polar surface area (TPSA) is 74.7 Å². The van der Waals surface area contributed by atoms with Crippen molar-refractivity contribution in [3.63, 3.8) is 0 Å². The highest BCUT2D eigenvalue weighted by atomic mass is 32.2. The van der Waals surface area contributed by atoms with E-state index in [4.69, 9.17) is 0 Å². The smallest absolute Gasteiger partial charge is 0.242 e. The standard InChI is InChI=1S/C14H18N4O2S2/c1-18-12(20)10(8-11(19)16-9-4-2-3-5-9)22-14(18)17-13-15-6-7-21-13/h6-7,9-10H,2-5,8H2,1H3,(H,16,19). The van der Waals surface area contributed by atoms with E-state index in [-0.39, 0.29) is 29.5 Å². The molecule has 2 amide bonds. The van der Waals surface area contributed by atoms with E-state index in [1.807, 2.05) is 5.38 Å². The molecule has 2 heterocycles. The lowest BCUT2D eigenvalue weighted by atomic mass is 10.2. The van der Waals surface area contributed by atoms with Gasteiger partial charge in [-0.15, -0.1) is 11.3 Å². The summed E-state index contributed by atoms with van der Waals surface area (Å²) in [5, 5.41) is 5.72. The minimum atomic E-state index is -0.384. The van der Waals surface area contributed by atoms with Crippen molar-refractivity contribution in [3.05, 3.63) is 11.6 Å². The molecule has 22 heavy (non-hydrogen) atoms. The first-order valence-electron chi connectivity index (χ1n) is 7.35. The SMILES string of the molecule is CN1C(=O)C(CC(=O)NC2CCCC2)SC1=Nc1nccs1. The van der Waals surface area contributed by atoms with Crippen LogP contribution in [-0.4, -0.2) is 45.2 Å². The Morgan fingerprint density at radius 3 is 2.95 bits per heavy atom. The zero-order valence-corrected chi connectivity index (χ0v) is 14.0. The van der Waals surface area contributed by atoms with Crippen LogP contribution in [-0.2, 0) is 9.59 Å². The molecule has 1 aromatic rings. The highest BCUT2D eigenvalue weighted by molar-refractivity contribution is 8.15. The lowest BCUT2D eigenvalue weighted by Crippen LogP contribution is -2.36. The minimum absolute atomic E-state index is 0.0401. The van der Waals surface area contributed by atoms with Gasteiger partial charge in [-0.1, -0.05) is 24.6 Å². The number of nitrogens with one attached hydrogen (secondary N) is 1. The molecule has 2 aliphatic rings. The quantitative estimate of drug-likeness (QED) is 0.913. The zero-order valence-electron chi connectivity index (χ0n) is 12.3. The molecule has 1 N–H and O–H groups in total. The van der Waals surface area contributed by atoms with Gasteiger partial charge in [-0.3, -0.25) is 14.5 Å². The number of amides is 2. The average Bonchev–Trinajstić information content (AvgIpc) is 3.21.